The topological polar surface area (TPSA) is 138 Å². The van der Waals surface area contributed by atoms with Gasteiger partial charge in [-0.1, -0.05) is 49.4 Å². The van der Waals surface area contributed by atoms with Crippen molar-refractivity contribution in [3.8, 4) is 11.1 Å². The van der Waals surface area contributed by atoms with Crippen LogP contribution in [0.2, 0.25) is 0 Å². The van der Waals surface area contributed by atoms with Crippen LogP contribution in [0.5, 0.6) is 0 Å². The van der Waals surface area contributed by atoms with Gasteiger partial charge in [0.05, 0.1) is 19.3 Å². The zero-order chi connectivity index (χ0) is 25.7. The van der Waals surface area contributed by atoms with Crippen molar-refractivity contribution in [1.82, 2.24) is 25.8 Å². The summed E-state index contributed by atoms with van der Waals surface area (Å²) in [7, 11) is 0. The second-order valence-corrected chi connectivity index (χ2v) is 9.28. The van der Waals surface area contributed by atoms with E-state index in [0.29, 0.717) is 12.2 Å². The number of hydrogen-bond acceptors (Lipinski definition) is 6. The highest BCUT2D eigenvalue weighted by molar-refractivity contribution is 5.91. The minimum absolute atomic E-state index is 0.0857. The number of aryl methyl sites for hydroxylation is 1. The van der Waals surface area contributed by atoms with Crippen LogP contribution in [0.4, 0.5) is 5.69 Å². The van der Waals surface area contributed by atoms with Crippen LogP contribution in [0.15, 0.2) is 48.7 Å². The van der Waals surface area contributed by atoms with E-state index in [1.807, 2.05) is 38.1 Å². The molecule has 0 aliphatic heterocycles. The van der Waals surface area contributed by atoms with Crippen LogP contribution < -0.4 is 16.1 Å². The van der Waals surface area contributed by atoms with Crippen molar-refractivity contribution >= 4 is 23.4 Å². The Kier molecular flexibility index (Phi) is 7.74. The number of carbonyl (C=O) groups is 3. The average Bonchev–Trinajstić information content (AvgIpc) is 3.48. The number of aromatic nitrogens is 3. The van der Waals surface area contributed by atoms with E-state index in [1.165, 1.54) is 22.3 Å². The summed E-state index contributed by atoms with van der Waals surface area (Å²) in [5.74, 6) is -1.71. The molecule has 0 bridgehead atoms. The number of anilines is 1. The molecule has 1 unspecified atom stereocenters. The lowest BCUT2D eigenvalue weighted by Crippen LogP contribution is -2.36. The number of nitrogens with zero attached hydrogens (tertiary/aromatic N) is 3. The molecule has 0 radical (unpaired) electrons. The maximum absolute atomic E-state index is 12.5. The van der Waals surface area contributed by atoms with Gasteiger partial charge in [0.2, 0.25) is 17.7 Å². The number of hydroxylamine groups is 1. The summed E-state index contributed by atoms with van der Waals surface area (Å²) in [5, 5.41) is 22.5. The lowest BCUT2D eigenvalue weighted by Gasteiger charge is -2.18. The number of rotatable bonds is 10. The lowest BCUT2D eigenvalue weighted by atomic mass is 9.91. The normalized spacial score (nSPS) is 12.6. The molecule has 2 aromatic carbocycles. The molecule has 1 aromatic heterocycles. The Hall–Kier alpha value is -4.05. The Bertz CT molecular complexity index is 1270. The molecule has 10 nitrogen and oxygen atoms in total. The van der Waals surface area contributed by atoms with Crippen LogP contribution in [0.3, 0.4) is 0 Å². The van der Waals surface area contributed by atoms with E-state index in [2.05, 4.69) is 39.1 Å². The van der Waals surface area contributed by atoms with Gasteiger partial charge >= 0.3 is 0 Å². The zero-order valence-corrected chi connectivity index (χ0v) is 20.3. The monoisotopic (exact) mass is 490 g/mol. The van der Waals surface area contributed by atoms with Gasteiger partial charge in [-0.05, 0) is 46.7 Å². The predicted molar refractivity (Wildman–Crippen MR) is 133 cm³/mol. The molecular weight excluding hydrogens is 460 g/mol. The summed E-state index contributed by atoms with van der Waals surface area (Å²) in [6.45, 7) is 4.15. The summed E-state index contributed by atoms with van der Waals surface area (Å²) in [6.07, 6.45) is 2.64. The third-order valence-electron chi connectivity index (χ3n) is 6.35. The van der Waals surface area contributed by atoms with Crippen LogP contribution in [0, 0.1) is 11.8 Å². The van der Waals surface area contributed by atoms with Crippen LogP contribution in [-0.2, 0) is 33.9 Å². The minimum Gasteiger partial charge on any atom is -0.350 e. The van der Waals surface area contributed by atoms with Crippen LogP contribution in [0.25, 0.3) is 11.1 Å². The Morgan fingerprint density at radius 1 is 1.06 bits per heavy atom. The highest BCUT2D eigenvalue weighted by atomic mass is 16.5. The zero-order valence-electron chi connectivity index (χ0n) is 20.3. The van der Waals surface area contributed by atoms with Gasteiger partial charge in [0.25, 0.3) is 0 Å². The first kappa shape index (κ1) is 25.1. The molecule has 10 heteroatoms. The summed E-state index contributed by atoms with van der Waals surface area (Å²) >= 11 is 0. The van der Waals surface area contributed by atoms with Crippen LogP contribution in [0.1, 0.15) is 43.5 Å². The fourth-order valence-corrected chi connectivity index (χ4v) is 4.38. The van der Waals surface area contributed by atoms with Crippen molar-refractivity contribution in [3.05, 3.63) is 65.5 Å². The van der Waals surface area contributed by atoms with Crippen molar-refractivity contribution < 1.29 is 19.6 Å². The second-order valence-electron chi connectivity index (χ2n) is 9.28. The SMILES string of the molecule is CC(C)C(CC(=O)NO)C(=O)NCc1cn(CCC(=O)Nc2ccc3c(c2)Cc2ccccc2-3)nn1. The maximum Gasteiger partial charge on any atom is 0.244 e. The molecule has 0 saturated carbocycles. The predicted octanol–water partition coefficient (Wildman–Crippen LogP) is 2.66. The summed E-state index contributed by atoms with van der Waals surface area (Å²) in [5.41, 5.74) is 7.82. The van der Waals surface area contributed by atoms with E-state index in [4.69, 9.17) is 5.21 Å². The number of fused-ring (bicyclic) bond motifs is 3. The van der Waals surface area contributed by atoms with Crippen molar-refractivity contribution in [2.75, 3.05) is 5.32 Å². The summed E-state index contributed by atoms with van der Waals surface area (Å²) in [4.78, 5) is 36.4. The van der Waals surface area contributed by atoms with Gasteiger partial charge in [-0.15, -0.1) is 5.10 Å². The van der Waals surface area contributed by atoms with Crippen molar-refractivity contribution in [2.45, 2.75) is 46.2 Å². The van der Waals surface area contributed by atoms with E-state index >= 15 is 0 Å². The highest BCUT2D eigenvalue weighted by Crippen LogP contribution is 2.37. The summed E-state index contributed by atoms with van der Waals surface area (Å²) in [6, 6.07) is 14.3. The van der Waals surface area contributed by atoms with Crippen molar-refractivity contribution in [3.63, 3.8) is 0 Å². The number of nitrogens with one attached hydrogen (secondary N) is 3. The first-order valence-corrected chi connectivity index (χ1v) is 11.9. The molecule has 3 amide bonds. The maximum atomic E-state index is 12.5. The van der Waals surface area contributed by atoms with E-state index < -0.39 is 11.8 Å². The van der Waals surface area contributed by atoms with E-state index in [9.17, 15) is 14.4 Å². The first-order chi connectivity index (χ1) is 17.3. The molecule has 1 heterocycles. The Morgan fingerprint density at radius 2 is 1.83 bits per heavy atom. The van der Waals surface area contributed by atoms with Crippen LogP contribution in [-0.4, -0.2) is 37.9 Å². The number of amides is 3. The molecule has 0 spiro atoms. The Balaban J connectivity index is 1.25. The van der Waals surface area contributed by atoms with Gasteiger partial charge in [0, 0.05) is 24.4 Å². The second kappa shape index (κ2) is 11.1. The molecule has 0 saturated heterocycles. The van der Waals surface area contributed by atoms with E-state index in [1.54, 1.807) is 16.4 Å². The highest BCUT2D eigenvalue weighted by Gasteiger charge is 2.25. The molecule has 0 fully saturated rings. The fourth-order valence-electron chi connectivity index (χ4n) is 4.38. The minimum atomic E-state index is -0.613. The number of benzene rings is 2. The lowest BCUT2D eigenvalue weighted by molar-refractivity contribution is -0.136. The first-order valence-electron chi connectivity index (χ1n) is 11.9. The molecule has 4 N–H and O–H groups in total. The largest absolute Gasteiger partial charge is 0.350 e. The van der Waals surface area contributed by atoms with E-state index in [-0.39, 0.29) is 37.1 Å². The van der Waals surface area contributed by atoms with Crippen molar-refractivity contribution in [1.29, 1.82) is 0 Å². The molecule has 188 valence electrons. The molecule has 36 heavy (non-hydrogen) atoms. The number of hydrogen-bond donors (Lipinski definition) is 4. The van der Waals surface area contributed by atoms with Crippen molar-refractivity contribution in [2.24, 2.45) is 11.8 Å². The molecule has 3 aromatic rings. The van der Waals surface area contributed by atoms with E-state index in [0.717, 1.165) is 12.1 Å². The van der Waals surface area contributed by atoms with Gasteiger partial charge in [0.1, 0.15) is 5.69 Å². The third kappa shape index (κ3) is 5.95. The van der Waals surface area contributed by atoms with Gasteiger partial charge in [-0.25, -0.2) is 5.48 Å². The molecule has 4 rings (SSSR count). The molecule has 1 atom stereocenters. The van der Waals surface area contributed by atoms with Gasteiger partial charge in [0.15, 0.2) is 0 Å². The molecule has 1 aliphatic carbocycles. The Labute approximate surface area is 209 Å². The molecular formula is C26H30N6O4. The third-order valence-corrected chi connectivity index (χ3v) is 6.35. The quantitative estimate of drug-likeness (QED) is 0.199. The van der Waals surface area contributed by atoms with Crippen LogP contribution >= 0.6 is 0 Å². The fraction of sp³-hybridized carbons (Fsp3) is 0.346. The smallest absolute Gasteiger partial charge is 0.244 e. The van der Waals surface area contributed by atoms with Gasteiger partial charge in [-0.3, -0.25) is 24.3 Å². The standard InChI is InChI=1S/C26H30N6O4/c1-16(2)23(13-25(34)30-36)26(35)27-14-20-15-32(31-29-20)10-9-24(33)28-19-7-8-22-18(12-19)11-17-5-3-4-6-21(17)22/h3-8,12,15-16,23,36H,9-11,13-14H2,1-2H3,(H,27,35)(H,28,33)(H,30,34). The van der Waals surface area contributed by atoms with Gasteiger partial charge < -0.3 is 10.6 Å². The van der Waals surface area contributed by atoms with Gasteiger partial charge in [-0.2, -0.15) is 0 Å². The average molecular weight is 491 g/mol. The summed E-state index contributed by atoms with van der Waals surface area (Å²) < 4.78 is 1.56. The Morgan fingerprint density at radius 3 is 2.61 bits per heavy atom. The molecule has 1 aliphatic rings. The number of carbonyl (C=O) groups excluding carboxylic acids is 3.